The minimum Gasteiger partial charge on any atom is -0.508 e. The van der Waals surface area contributed by atoms with E-state index in [0.717, 1.165) is 34.0 Å². The van der Waals surface area contributed by atoms with Gasteiger partial charge >= 0.3 is 5.97 Å². The number of carbonyl (C=O) groups is 6. The molecular formula is C55H47N11O10S6. The second-order valence-electron chi connectivity index (χ2n) is 19.3. The number of benzene rings is 2. The standard InChI is InChI=1S/C55H47N11O10S6/c1-24-40(69)18-66-44(24)53-63-37(22-81-53)51-60-34(19-79-51)43-29(13-14-31(57-43)50-64-38(23-80-50)55(75)76-3)48-61-35(20-77-48)46(72)58-32(17-41(56)70)52-65-42(25(2)82-52)39(68)16-30(45(71)27-7-5-4-6-8-27)49-62-36(21-78-49)47(73)59-33(54(66)74)15-26-9-11-28(67)12-10-26/h4-14,19-24,30,32-33,40,44-45,67,69,71H,15-18H2,1-3H3,(H2,56,70)(H,58,72)(H,59,73)/t24-,30-,32-,33-,40-,44-,45+/m0/s1. The topological polar surface area (TPSA) is 316 Å². The zero-order valence-electron chi connectivity index (χ0n) is 43.4. The molecule has 0 spiro atoms. The van der Waals surface area contributed by atoms with Gasteiger partial charge < -0.3 is 41.3 Å². The number of amides is 4. The Labute approximate surface area is 490 Å². The molecule has 0 radical (unpaired) electrons. The SMILES string of the molecule is COC(=O)c1csc(-c2ccc3c(n2)-c2csc(n2)-c2csc(n2)[C@@H]2[C@@H](C)[C@@H](O)CN2C(=O)[C@H](Cc2ccc(O)cc2)NC(=O)c2csc(n2)[C@H]([C@H](O)c2ccccc2)CC(=O)c2nc(sc2C)[C@H](CC(N)=O)NC(=O)c2csc-3n2)n1. The average molecular weight is 1210 g/mol. The van der Waals surface area contributed by atoms with Crippen molar-refractivity contribution in [2.45, 2.75) is 69.4 Å². The number of Topliss-reactive ketones (excluding diaryl/α,β-unsaturated/α-hetero) is 1. The van der Waals surface area contributed by atoms with Crippen molar-refractivity contribution >= 4 is 103 Å². The fourth-order valence-corrected chi connectivity index (χ4v) is 15.0. The number of ketones is 1. The zero-order chi connectivity index (χ0) is 57.5. The molecule has 7 atom stereocenters. The molecule has 27 heteroatoms. The van der Waals surface area contributed by atoms with E-state index in [0.29, 0.717) is 64.4 Å². The molecule has 0 aliphatic carbocycles. The van der Waals surface area contributed by atoms with Gasteiger partial charge in [-0.2, -0.15) is 0 Å². The molecule has 1 saturated heterocycles. The van der Waals surface area contributed by atoms with Crippen LogP contribution >= 0.6 is 68.0 Å². The lowest BCUT2D eigenvalue weighted by molar-refractivity contribution is -0.134. The molecule has 7 N–H and O–H groups in total. The Balaban J connectivity index is 1.02. The second-order valence-corrected chi connectivity index (χ2v) is 24.9. The fraction of sp³-hybridized carbons (Fsp3) is 0.255. The number of phenols is 1. The molecular weight excluding hydrogens is 1170 g/mol. The van der Waals surface area contributed by atoms with Gasteiger partial charge in [-0.05, 0) is 42.3 Å². The summed E-state index contributed by atoms with van der Waals surface area (Å²) in [5, 5.41) is 49.8. The van der Waals surface area contributed by atoms with E-state index in [-0.39, 0.29) is 64.3 Å². The summed E-state index contributed by atoms with van der Waals surface area (Å²) in [6.45, 7) is 3.42. The molecule has 4 amide bonds. The van der Waals surface area contributed by atoms with Gasteiger partial charge in [0.1, 0.15) is 71.0 Å². The molecule has 0 saturated carbocycles. The maximum atomic E-state index is 15.1. The minimum absolute atomic E-state index is 0.00483. The third kappa shape index (κ3) is 11.5. The van der Waals surface area contributed by atoms with E-state index in [1.54, 1.807) is 77.7 Å². The maximum Gasteiger partial charge on any atom is 0.357 e. The Bertz CT molecular complexity index is 3910. The quantitative estimate of drug-likeness (QED) is 0.0786. The molecule has 9 heterocycles. The molecule has 2 aromatic carbocycles. The van der Waals surface area contributed by atoms with Crippen LogP contribution in [-0.4, -0.2) is 116 Å². The number of fused-ring (bicyclic) bond motifs is 16. The van der Waals surface area contributed by atoms with Gasteiger partial charge in [0.2, 0.25) is 11.8 Å². The number of methoxy groups -OCH3 is 1. The number of phenolic OH excluding ortho intramolecular Hbond substituents is 1. The first-order valence-electron chi connectivity index (χ1n) is 25.3. The number of hydrogen-bond acceptors (Lipinski definition) is 23. The number of nitrogens with two attached hydrogens (primary N) is 1. The van der Waals surface area contributed by atoms with Gasteiger partial charge in [-0.1, -0.05) is 49.4 Å². The molecule has 1 fully saturated rings. The lowest BCUT2D eigenvalue weighted by Crippen LogP contribution is -2.50. The summed E-state index contributed by atoms with van der Waals surface area (Å²) in [5.41, 5.74) is 9.02. The average Bonchev–Trinajstić information content (AvgIpc) is 4.48. The molecule has 11 rings (SSSR count). The van der Waals surface area contributed by atoms with E-state index >= 15 is 4.79 Å². The number of ether oxygens (including phenoxy) is 1. The number of esters is 1. The van der Waals surface area contributed by atoms with E-state index in [1.165, 1.54) is 63.5 Å². The monoisotopic (exact) mass is 1210 g/mol. The molecule has 418 valence electrons. The second kappa shape index (κ2) is 23.5. The van der Waals surface area contributed by atoms with Crippen molar-refractivity contribution in [2.75, 3.05) is 13.7 Å². The molecule has 0 unspecified atom stereocenters. The third-order valence-electron chi connectivity index (χ3n) is 13.9. The third-order valence-corrected chi connectivity index (χ3v) is 19.5. The van der Waals surface area contributed by atoms with E-state index in [1.807, 2.05) is 12.3 Å². The number of aromatic hydroxyl groups is 1. The predicted octanol–water partition coefficient (Wildman–Crippen LogP) is 7.96. The number of carbonyl (C=O) groups excluding carboxylic acids is 6. The van der Waals surface area contributed by atoms with Crippen LogP contribution in [0.1, 0.15) is 117 Å². The lowest BCUT2D eigenvalue weighted by Gasteiger charge is -2.29. The van der Waals surface area contributed by atoms with Crippen LogP contribution in [0.5, 0.6) is 5.75 Å². The molecule has 21 nitrogen and oxygen atoms in total. The summed E-state index contributed by atoms with van der Waals surface area (Å²) in [4.78, 5) is 119. The summed E-state index contributed by atoms with van der Waals surface area (Å²) >= 11 is 7.04. The van der Waals surface area contributed by atoms with E-state index in [4.69, 9.17) is 30.4 Å². The summed E-state index contributed by atoms with van der Waals surface area (Å²) in [5.74, 6) is -5.27. The Morgan fingerprint density at radius 3 is 2.12 bits per heavy atom. The number of nitrogens with zero attached hydrogens (tertiary/aromatic N) is 8. The molecule has 2 aliphatic heterocycles. The Kier molecular flexibility index (Phi) is 16.1. The number of aromatic nitrogens is 7. The van der Waals surface area contributed by atoms with Crippen LogP contribution in [0, 0.1) is 12.8 Å². The highest BCUT2D eigenvalue weighted by Crippen LogP contribution is 2.43. The smallest absolute Gasteiger partial charge is 0.357 e. The highest BCUT2D eigenvalue weighted by Gasteiger charge is 2.45. The summed E-state index contributed by atoms with van der Waals surface area (Å²) < 4.78 is 4.89. The maximum absolute atomic E-state index is 15.1. The molecule has 2 aliphatic rings. The first-order valence-corrected chi connectivity index (χ1v) is 30.5. The predicted molar refractivity (Wildman–Crippen MR) is 309 cm³/mol. The molecule has 10 bridgehead atoms. The zero-order valence-corrected chi connectivity index (χ0v) is 48.3. The van der Waals surface area contributed by atoms with Crippen molar-refractivity contribution in [1.82, 2.24) is 50.4 Å². The van der Waals surface area contributed by atoms with E-state index in [2.05, 4.69) is 25.6 Å². The van der Waals surface area contributed by atoms with E-state index in [9.17, 15) is 39.3 Å². The minimum atomic E-state index is -1.29. The number of thiazole rings is 6. The number of pyridine rings is 1. The van der Waals surface area contributed by atoms with Crippen molar-refractivity contribution in [1.29, 1.82) is 0 Å². The number of hydrogen-bond donors (Lipinski definition) is 6. The van der Waals surface area contributed by atoms with Gasteiger partial charge in [0, 0.05) is 68.6 Å². The van der Waals surface area contributed by atoms with Gasteiger partial charge in [-0.25, -0.2) is 39.7 Å². The van der Waals surface area contributed by atoms with Gasteiger partial charge in [0.25, 0.3) is 11.8 Å². The van der Waals surface area contributed by atoms with Gasteiger partial charge in [0.15, 0.2) is 11.5 Å². The number of aliphatic hydroxyl groups excluding tert-OH is 2. The van der Waals surface area contributed by atoms with Crippen molar-refractivity contribution in [3.05, 3.63) is 147 Å². The molecule has 82 heavy (non-hydrogen) atoms. The Morgan fingerprint density at radius 2 is 1.37 bits per heavy atom. The number of aliphatic hydroxyl groups is 2. The van der Waals surface area contributed by atoms with Crippen molar-refractivity contribution < 1.29 is 48.8 Å². The van der Waals surface area contributed by atoms with Crippen molar-refractivity contribution in [3.8, 4) is 49.1 Å². The van der Waals surface area contributed by atoms with Crippen molar-refractivity contribution in [3.63, 3.8) is 0 Å². The first kappa shape index (κ1) is 56.0. The van der Waals surface area contributed by atoms with Crippen molar-refractivity contribution in [2.24, 2.45) is 11.7 Å². The van der Waals surface area contributed by atoms with Crippen LogP contribution in [0.15, 0.2) is 93.6 Å². The number of primary amides is 1. The van der Waals surface area contributed by atoms with Gasteiger partial charge in [0.05, 0.1) is 48.5 Å². The fourth-order valence-electron chi connectivity index (χ4n) is 9.65. The summed E-state index contributed by atoms with van der Waals surface area (Å²) in [6.07, 6.45) is -2.98. The summed E-state index contributed by atoms with van der Waals surface area (Å²) in [6, 6.07) is 15.3. The van der Waals surface area contributed by atoms with Gasteiger partial charge in [-0.15, -0.1) is 68.0 Å². The van der Waals surface area contributed by atoms with Gasteiger partial charge in [-0.3, -0.25) is 24.0 Å². The highest BCUT2D eigenvalue weighted by atomic mass is 32.1. The number of rotatable bonds is 8. The number of nitrogens with one attached hydrogen (secondary N) is 2. The van der Waals surface area contributed by atoms with Crippen LogP contribution in [0.25, 0.3) is 43.4 Å². The normalized spacial score (nSPS) is 19.9. The molecule has 9 aromatic rings. The Morgan fingerprint density at radius 1 is 0.720 bits per heavy atom. The van der Waals surface area contributed by atoms with Crippen LogP contribution in [0.3, 0.4) is 0 Å². The molecule has 7 aromatic heterocycles. The Hall–Kier alpha value is -7.89. The van der Waals surface area contributed by atoms with Crippen LogP contribution in [-0.2, 0) is 20.7 Å². The van der Waals surface area contributed by atoms with Crippen LogP contribution < -0.4 is 16.4 Å². The number of aryl methyl sites for hydroxylation is 1. The first-order chi connectivity index (χ1) is 39.5. The van der Waals surface area contributed by atoms with Crippen LogP contribution in [0.2, 0.25) is 0 Å². The highest BCUT2D eigenvalue weighted by molar-refractivity contribution is 7.15. The van der Waals surface area contributed by atoms with Crippen LogP contribution in [0.4, 0.5) is 0 Å². The van der Waals surface area contributed by atoms with E-state index < -0.39 is 77.6 Å². The summed E-state index contributed by atoms with van der Waals surface area (Å²) in [7, 11) is 1.26. The lowest BCUT2D eigenvalue weighted by atomic mass is 9.90. The largest absolute Gasteiger partial charge is 0.508 e.